The zero-order chi connectivity index (χ0) is 19.6. The molecular formula is C21H25N3O3. The van der Waals surface area contributed by atoms with Gasteiger partial charge >= 0.3 is 0 Å². The van der Waals surface area contributed by atoms with Crippen molar-refractivity contribution >= 4 is 23.7 Å². The summed E-state index contributed by atoms with van der Waals surface area (Å²) in [5.74, 6) is -0.119. The molecule has 6 nitrogen and oxygen atoms in total. The molecule has 2 aromatic rings. The first-order chi connectivity index (χ1) is 13.0. The predicted octanol–water partition coefficient (Wildman–Crippen LogP) is 3.57. The van der Waals surface area contributed by atoms with Crippen LogP contribution < -0.4 is 15.5 Å². The maximum Gasteiger partial charge on any atom is 0.249 e. The highest BCUT2D eigenvalue weighted by Crippen LogP contribution is 2.14. The van der Waals surface area contributed by atoms with Crippen molar-refractivity contribution in [1.82, 2.24) is 5.43 Å². The third-order valence-electron chi connectivity index (χ3n) is 3.85. The molecule has 0 fully saturated rings. The molecular weight excluding hydrogens is 342 g/mol. The van der Waals surface area contributed by atoms with Gasteiger partial charge in [0, 0.05) is 5.69 Å². The molecule has 2 N–H and O–H groups in total. The average molecular weight is 367 g/mol. The van der Waals surface area contributed by atoms with E-state index in [1.165, 1.54) is 6.21 Å². The first-order valence-electron chi connectivity index (χ1n) is 8.90. The van der Waals surface area contributed by atoms with Crippen LogP contribution in [0.4, 0.5) is 5.69 Å². The zero-order valence-electron chi connectivity index (χ0n) is 15.9. The smallest absolute Gasteiger partial charge is 0.249 e. The zero-order valence-corrected chi connectivity index (χ0v) is 15.9. The number of benzene rings is 2. The van der Waals surface area contributed by atoms with E-state index in [0.29, 0.717) is 12.3 Å². The second kappa shape index (κ2) is 10.1. The highest BCUT2D eigenvalue weighted by atomic mass is 16.5. The average Bonchev–Trinajstić information content (AvgIpc) is 2.63. The minimum absolute atomic E-state index is 0.302. The van der Waals surface area contributed by atoms with Crippen molar-refractivity contribution in [2.24, 2.45) is 5.10 Å². The molecule has 0 bridgehead atoms. The van der Waals surface area contributed by atoms with E-state index in [1.807, 2.05) is 63.2 Å². The van der Waals surface area contributed by atoms with E-state index < -0.39 is 5.91 Å². The first-order valence-corrected chi connectivity index (χ1v) is 8.90. The van der Waals surface area contributed by atoms with E-state index >= 15 is 0 Å². The number of nitrogens with one attached hydrogen (secondary N) is 2. The van der Waals surface area contributed by atoms with Gasteiger partial charge in [-0.25, -0.2) is 5.43 Å². The van der Waals surface area contributed by atoms with Gasteiger partial charge in [-0.2, -0.15) is 5.10 Å². The lowest BCUT2D eigenvalue weighted by Crippen LogP contribution is -2.24. The molecule has 0 radical (unpaired) electrons. The lowest BCUT2D eigenvalue weighted by molar-refractivity contribution is -0.126. The predicted molar refractivity (Wildman–Crippen MR) is 107 cm³/mol. The monoisotopic (exact) mass is 367 g/mol. The Morgan fingerprint density at radius 2 is 1.89 bits per heavy atom. The van der Waals surface area contributed by atoms with Crippen LogP contribution in [0.5, 0.6) is 5.75 Å². The standard InChI is InChI=1S/C21H25N3O3/c1-4-10-27-19-7-5-6-17(12-19)14-22-24-21(26)13-20(25)23-18-9-8-15(2)16(3)11-18/h5-9,11-12,14H,4,10,13H2,1-3H3,(H,23,25)(H,24,26). The van der Waals surface area contributed by atoms with E-state index in [9.17, 15) is 9.59 Å². The van der Waals surface area contributed by atoms with Crippen molar-refractivity contribution in [1.29, 1.82) is 0 Å². The molecule has 0 aromatic heterocycles. The lowest BCUT2D eigenvalue weighted by atomic mass is 10.1. The molecule has 27 heavy (non-hydrogen) atoms. The summed E-state index contributed by atoms with van der Waals surface area (Å²) in [4.78, 5) is 23.8. The van der Waals surface area contributed by atoms with Gasteiger partial charge in [-0.3, -0.25) is 9.59 Å². The Labute approximate surface area is 159 Å². The third-order valence-corrected chi connectivity index (χ3v) is 3.85. The summed E-state index contributed by atoms with van der Waals surface area (Å²) in [6.45, 7) is 6.65. The fourth-order valence-corrected chi connectivity index (χ4v) is 2.29. The van der Waals surface area contributed by atoms with E-state index in [4.69, 9.17) is 4.74 Å². The van der Waals surface area contributed by atoms with E-state index in [-0.39, 0.29) is 12.3 Å². The fourth-order valence-electron chi connectivity index (χ4n) is 2.29. The molecule has 0 heterocycles. The normalized spacial score (nSPS) is 10.6. The van der Waals surface area contributed by atoms with Crippen molar-refractivity contribution < 1.29 is 14.3 Å². The topological polar surface area (TPSA) is 79.8 Å². The molecule has 0 aliphatic heterocycles. The van der Waals surface area contributed by atoms with Gasteiger partial charge in [0.1, 0.15) is 12.2 Å². The van der Waals surface area contributed by atoms with Crippen LogP contribution in [-0.4, -0.2) is 24.6 Å². The Morgan fingerprint density at radius 3 is 2.63 bits per heavy atom. The van der Waals surface area contributed by atoms with Crippen LogP contribution in [0.3, 0.4) is 0 Å². The maximum absolute atomic E-state index is 12.0. The molecule has 0 saturated heterocycles. The molecule has 2 amide bonds. The minimum atomic E-state index is -0.481. The van der Waals surface area contributed by atoms with Crippen molar-refractivity contribution in [3.05, 3.63) is 59.2 Å². The number of ether oxygens (including phenoxy) is 1. The number of hydrogen-bond acceptors (Lipinski definition) is 4. The largest absolute Gasteiger partial charge is 0.494 e. The molecule has 0 saturated carbocycles. The number of nitrogens with zero attached hydrogens (tertiary/aromatic N) is 1. The van der Waals surface area contributed by atoms with Crippen LogP contribution in [0.2, 0.25) is 0 Å². The van der Waals surface area contributed by atoms with E-state index in [1.54, 1.807) is 0 Å². The Hall–Kier alpha value is -3.15. The number of rotatable bonds is 8. The molecule has 0 unspecified atom stereocenters. The fraction of sp³-hybridized carbons (Fsp3) is 0.286. The number of carbonyl (C=O) groups is 2. The molecule has 142 valence electrons. The van der Waals surface area contributed by atoms with Gasteiger partial charge in [0.25, 0.3) is 0 Å². The number of hydrazone groups is 1. The van der Waals surface area contributed by atoms with Gasteiger partial charge in [0.05, 0.1) is 12.8 Å². The van der Waals surface area contributed by atoms with Crippen molar-refractivity contribution in [2.75, 3.05) is 11.9 Å². The summed E-state index contributed by atoms with van der Waals surface area (Å²) in [5, 5.41) is 6.60. The summed E-state index contributed by atoms with van der Waals surface area (Å²) < 4.78 is 5.55. The van der Waals surface area contributed by atoms with E-state index in [2.05, 4.69) is 15.8 Å². The Balaban J connectivity index is 1.82. The number of hydrogen-bond donors (Lipinski definition) is 2. The van der Waals surface area contributed by atoms with Crippen LogP contribution >= 0.6 is 0 Å². The molecule has 0 atom stereocenters. The highest BCUT2D eigenvalue weighted by molar-refractivity contribution is 6.03. The molecule has 2 rings (SSSR count). The van der Waals surface area contributed by atoms with Crippen LogP contribution in [-0.2, 0) is 9.59 Å². The number of carbonyl (C=O) groups excluding carboxylic acids is 2. The SMILES string of the molecule is CCCOc1cccc(C=NNC(=O)CC(=O)Nc2ccc(C)c(C)c2)c1. The minimum Gasteiger partial charge on any atom is -0.494 e. The molecule has 0 spiro atoms. The Bertz CT molecular complexity index is 831. The maximum atomic E-state index is 12.0. The number of anilines is 1. The van der Waals surface area contributed by atoms with Crippen molar-refractivity contribution in [3.8, 4) is 5.75 Å². The van der Waals surface area contributed by atoms with Crippen LogP contribution in [0, 0.1) is 13.8 Å². The van der Waals surface area contributed by atoms with Gasteiger partial charge in [0.15, 0.2) is 0 Å². The van der Waals surface area contributed by atoms with Gasteiger partial charge < -0.3 is 10.1 Å². The second-order valence-corrected chi connectivity index (χ2v) is 6.24. The van der Waals surface area contributed by atoms with Crippen molar-refractivity contribution in [2.45, 2.75) is 33.6 Å². The van der Waals surface area contributed by atoms with Gasteiger partial charge in [-0.05, 0) is 61.2 Å². The Kier molecular flexibility index (Phi) is 7.55. The van der Waals surface area contributed by atoms with Crippen molar-refractivity contribution in [3.63, 3.8) is 0 Å². The number of aryl methyl sites for hydroxylation is 2. The second-order valence-electron chi connectivity index (χ2n) is 6.24. The summed E-state index contributed by atoms with van der Waals surface area (Å²) in [7, 11) is 0. The number of amides is 2. The quantitative estimate of drug-likeness (QED) is 0.425. The third kappa shape index (κ3) is 6.93. The summed E-state index contributed by atoms with van der Waals surface area (Å²) in [6, 6.07) is 13.0. The molecule has 0 aliphatic carbocycles. The highest BCUT2D eigenvalue weighted by Gasteiger charge is 2.09. The van der Waals surface area contributed by atoms with E-state index in [0.717, 1.165) is 28.9 Å². The van der Waals surface area contributed by atoms with Gasteiger partial charge in [0.2, 0.25) is 11.8 Å². The summed E-state index contributed by atoms with van der Waals surface area (Å²) in [5.41, 5.74) is 6.04. The van der Waals surface area contributed by atoms with Crippen LogP contribution in [0.25, 0.3) is 0 Å². The first kappa shape index (κ1) is 20.2. The van der Waals surface area contributed by atoms with Gasteiger partial charge in [-0.1, -0.05) is 25.1 Å². The molecule has 2 aromatic carbocycles. The molecule has 6 heteroatoms. The van der Waals surface area contributed by atoms with Crippen LogP contribution in [0.15, 0.2) is 47.6 Å². The van der Waals surface area contributed by atoms with Gasteiger partial charge in [-0.15, -0.1) is 0 Å². The Morgan fingerprint density at radius 1 is 1.07 bits per heavy atom. The summed E-state index contributed by atoms with van der Waals surface area (Å²) >= 11 is 0. The summed E-state index contributed by atoms with van der Waals surface area (Å²) in [6.07, 6.45) is 2.14. The van der Waals surface area contributed by atoms with Crippen LogP contribution in [0.1, 0.15) is 36.5 Å². The lowest BCUT2D eigenvalue weighted by Gasteiger charge is -2.07. The molecule has 0 aliphatic rings.